The van der Waals surface area contributed by atoms with Crippen molar-refractivity contribution in [1.82, 2.24) is 0 Å². The largest absolute Gasteiger partial charge is 0.305 e. The summed E-state index contributed by atoms with van der Waals surface area (Å²) < 4.78 is 0. The third kappa shape index (κ3) is 3.12. The minimum absolute atomic E-state index is 0.0817. The second kappa shape index (κ2) is 6.96. The topological polar surface area (TPSA) is 53.0 Å². The Bertz CT molecular complexity index is 909. The summed E-state index contributed by atoms with van der Waals surface area (Å²) in [5.74, 6) is 0.668. The molecule has 0 saturated carbocycles. The number of benzene rings is 2. The van der Waals surface area contributed by atoms with Crippen molar-refractivity contribution < 1.29 is 9.59 Å². The van der Waals surface area contributed by atoms with Crippen LogP contribution in [-0.4, -0.2) is 29.8 Å². The molecular weight excluding hydrogens is 346 g/mol. The summed E-state index contributed by atoms with van der Waals surface area (Å²) in [6.07, 6.45) is 0.675. The molecule has 2 aliphatic heterocycles. The second-order valence-corrected chi connectivity index (χ2v) is 7.50. The van der Waals surface area contributed by atoms with E-state index in [4.69, 9.17) is 0 Å². The maximum atomic E-state index is 13.1. The van der Waals surface area contributed by atoms with Crippen LogP contribution < -0.4 is 9.91 Å². The average molecular weight is 365 g/mol. The molecule has 0 radical (unpaired) electrons. The molecule has 0 aliphatic carbocycles. The molecule has 2 amide bonds. The number of carbonyl (C=O) groups is 2. The number of nitrogens with zero attached hydrogens (tertiary/aromatic N) is 3. The van der Waals surface area contributed by atoms with Crippen molar-refractivity contribution in [2.45, 2.75) is 24.7 Å². The highest BCUT2D eigenvalue weighted by Gasteiger charge is 2.31. The van der Waals surface area contributed by atoms with E-state index in [0.717, 1.165) is 21.9 Å². The molecule has 4 rings (SSSR count). The summed E-state index contributed by atoms with van der Waals surface area (Å²) in [5.41, 5.74) is 3.11. The van der Waals surface area contributed by atoms with Gasteiger partial charge in [0.15, 0.2) is 0 Å². The normalized spacial score (nSPS) is 17.0. The molecule has 0 atom stereocenters. The lowest BCUT2D eigenvalue weighted by molar-refractivity contribution is -0.118. The van der Waals surface area contributed by atoms with Gasteiger partial charge in [-0.2, -0.15) is 5.10 Å². The van der Waals surface area contributed by atoms with Crippen LogP contribution in [0.2, 0.25) is 0 Å². The van der Waals surface area contributed by atoms with Gasteiger partial charge in [-0.25, -0.2) is 5.01 Å². The van der Waals surface area contributed by atoms with Crippen molar-refractivity contribution in [2.75, 3.05) is 22.2 Å². The van der Waals surface area contributed by atoms with Gasteiger partial charge in [0.1, 0.15) is 5.71 Å². The first-order valence-electron chi connectivity index (χ1n) is 8.64. The predicted octanol–water partition coefficient (Wildman–Crippen LogP) is 3.62. The van der Waals surface area contributed by atoms with Crippen LogP contribution >= 0.6 is 11.8 Å². The number of rotatable bonds is 2. The van der Waals surface area contributed by atoms with Gasteiger partial charge in [0.2, 0.25) is 5.91 Å². The average Bonchev–Trinajstić information content (AvgIpc) is 2.67. The number of hydrogen-bond donors (Lipinski definition) is 0. The van der Waals surface area contributed by atoms with Crippen LogP contribution in [0.25, 0.3) is 0 Å². The van der Waals surface area contributed by atoms with Gasteiger partial charge in [0, 0.05) is 30.0 Å². The van der Waals surface area contributed by atoms with Crippen molar-refractivity contribution in [2.24, 2.45) is 5.10 Å². The number of carbonyl (C=O) groups excluding carboxylic acids is 2. The van der Waals surface area contributed by atoms with Gasteiger partial charge >= 0.3 is 0 Å². The zero-order valence-electron chi connectivity index (χ0n) is 14.5. The molecule has 0 aromatic heterocycles. The van der Waals surface area contributed by atoms with Gasteiger partial charge in [-0.05, 0) is 36.8 Å². The Hall–Kier alpha value is -2.60. The van der Waals surface area contributed by atoms with Gasteiger partial charge in [0.05, 0.1) is 11.4 Å². The number of anilines is 2. The number of aryl methyl sites for hydroxylation is 1. The fourth-order valence-corrected chi connectivity index (χ4v) is 4.20. The molecule has 132 valence electrons. The maximum absolute atomic E-state index is 13.1. The Kier molecular flexibility index (Phi) is 4.51. The van der Waals surface area contributed by atoms with E-state index in [9.17, 15) is 9.59 Å². The highest BCUT2D eigenvalue weighted by atomic mass is 32.2. The Morgan fingerprint density at radius 1 is 1.12 bits per heavy atom. The lowest BCUT2D eigenvalue weighted by Gasteiger charge is -2.31. The summed E-state index contributed by atoms with van der Waals surface area (Å²) >= 11 is 1.76. The zero-order chi connectivity index (χ0) is 18.1. The van der Waals surface area contributed by atoms with Crippen LogP contribution in [0.4, 0.5) is 11.4 Å². The molecule has 2 aromatic rings. The third-order valence-electron chi connectivity index (χ3n) is 4.50. The number of thioether (sulfide) groups is 1. The van der Waals surface area contributed by atoms with Gasteiger partial charge in [-0.15, -0.1) is 11.8 Å². The second-order valence-electron chi connectivity index (χ2n) is 6.36. The Morgan fingerprint density at radius 2 is 1.96 bits per heavy atom. The van der Waals surface area contributed by atoms with Crippen molar-refractivity contribution in [3.05, 3.63) is 54.1 Å². The van der Waals surface area contributed by atoms with Gasteiger partial charge in [0.25, 0.3) is 5.91 Å². The van der Waals surface area contributed by atoms with Crippen molar-refractivity contribution in [3.63, 3.8) is 0 Å². The van der Waals surface area contributed by atoms with Gasteiger partial charge < -0.3 is 4.90 Å². The van der Waals surface area contributed by atoms with E-state index in [-0.39, 0.29) is 11.8 Å². The first-order valence-corrected chi connectivity index (χ1v) is 9.63. The van der Waals surface area contributed by atoms with Crippen molar-refractivity contribution >= 4 is 40.7 Å². The lowest BCUT2D eigenvalue weighted by atomic mass is 10.1. The van der Waals surface area contributed by atoms with E-state index in [1.54, 1.807) is 16.7 Å². The summed E-state index contributed by atoms with van der Waals surface area (Å²) in [5, 5.41) is 5.79. The first kappa shape index (κ1) is 16.8. The first-order chi connectivity index (χ1) is 12.6. The fourth-order valence-electron chi connectivity index (χ4n) is 3.21. The summed E-state index contributed by atoms with van der Waals surface area (Å²) in [4.78, 5) is 28.3. The quantitative estimate of drug-likeness (QED) is 0.817. The summed E-state index contributed by atoms with van der Waals surface area (Å²) in [6.45, 7) is 2.62. The number of hydrazone groups is 1. The van der Waals surface area contributed by atoms with E-state index >= 15 is 0 Å². The molecule has 26 heavy (non-hydrogen) atoms. The number of amides is 2. The van der Waals surface area contributed by atoms with E-state index in [1.165, 1.54) is 5.01 Å². The van der Waals surface area contributed by atoms with Crippen LogP contribution in [-0.2, 0) is 9.59 Å². The predicted molar refractivity (Wildman–Crippen MR) is 105 cm³/mol. The Labute approximate surface area is 156 Å². The molecule has 6 heteroatoms. The number of fused-ring (bicyclic) bond motifs is 1. The molecule has 2 aromatic carbocycles. The smallest absolute Gasteiger partial charge is 0.274 e. The van der Waals surface area contributed by atoms with Crippen molar-refractivity contribution in [1.29, 1.82) is 0 Å². The van der Waals surface area contributed by atoms with Gasteiger partial charge in [-0.1, -0.05) is 24.3 Å². The Balaban J connectivity index is 1.66. The molecule has 0 N–H and O–H groups in total. The van der Waals surface area contributed by atoms with Gasteiger partial charge in [-0.3, -0.25) is 9.59 Å². The Morgan fingerprint density at radius 3 is 2.81 bits per heavy atom. The maximum Gasteiger partial charge on any atom is 0.274 e. The molecule has 0 fully saturated rings. The fraction of sp³-hybridized carbons (Fsp3) is 0.250. The minimum atomic E-state index is -0.108. The van der Waals surface area contributed by atoms with E-state index in [0.29, 0.717) is 30.8 Å². The van der Waals surface area contributed by atoms with Crippen LogP contribution in [0.5, 0.6) is 0 Å². The molecule has 0 spiro atoms. The van der Waals surface area contributed by atoms with E-state index < -0.39 is 0 Å². The molecule has 0 unspecified atom stereocenters. The number of para-hydroxylation sites is 1. The molecular formula is C20H19N3O2S. The van der Waals surface area contributed by atoms with Crippen molar-refractivity contribution in [3.8, 4) is 0 Å². The molecule has 0 bridgehead atoms. The van der Waals surface area contributed by atoms with Crippen LogP contribution in [0.1, 0.15) is 18.4 Å². The molecule has 0 saturated heterocycles. The van der Waals surface area contributed by atoms with Crippen LogP contribution in [0.15, 0.2) is 58.5 Å². The molecule has 2 aliphatic rings. The summed E-state index contributed by atoms with van der Waals surface area (Å²) in [7, 11) is 0. The monoisotopic (exact) mass is 365 g/mol. The highest BCUT2D eigenvalue weighted by molar-refractivity contribution is 7.99. The highest BCUT2D eigenvalue weighted by Crippen LogP contribution is 2.35. The van der Waals surface area contributed by atoms with E-state index in [2.05, 4.69) is 5.10 Å². The standard InChI is InChI=1S/C20H19N3O2S/c1-14-5-4-6-15(13-14)23-19(24)10-9-16(21-23)20(25)22-11-12-26-18-8-3-2-7-17(18)22/h2-8,13H,9-12H2,1H3. The van der Waals surface area contributed by atoms with Crippen LogP contribution in [0.3, 0.4) is 0 Å². The lowest BCUT2D eigenvalue weighted by Crippen LogP contribution is -2.43. The zero-order valence-corrected chi connectivity index (χ0v) is 15.3. The molecule has 5 nitrogen and oxygen atoms in total. The minimum Gasteiger partial charge on any atom is -0.305 e. The van der Waals surface area contributed by atoms with E-state index in [1.807, 2.05) is 55.5 Å². The number of hydrogen-bond acceptors (Lipinski definition) is 4. The SMILES string of the molecule is Cc1cccc(N2N=C(C(=O)N3CCSc4ccccc43)CCC2=O)c1. The molecule has 2 heterocycles. The third-order valence-corrected chi connectivity index (χ3v) is 5.54. The summed E-state index contributed by atoms with van der Waals surface area (Å²) in [6, 6.07) is 15.5. The van der Waals surface area contributed by atoms with Crippen LogP contribution in [0, 0.1) is 6.92 Å².